The smallest absolute Gasteiger partial charge is 0.139 e. The number of carbonyl (C=O) groups excluding carboxylic acids is 2. The Hall–Kier alpha value is -3.00. The lowest BCUT2D eigenvalue weighted by Crippen LogP contribution is -2.20. The molecule has 33 heavy (non-hydrogen) atoms. The molecule has 0 amide bonds. The molecule has 0 saturated heterocycles. The van der Waals surface area contributed by atoms with Gasteiger partial charge in [0, 0.05) is 25.2 Å². The molecule has 1 aliphatic carbocycles. The number of ketones is 2. The summed E-state index contributed by atoms with van der Waals surface area (Å²) in [5.74, 6) is 5.31. The predicted molar refractivity (Wildman–Crippen MR) is 130 cm³/mol. The van der Waals surface area contributed by atoms with Crippen molar-refractivity contribution >= 4 is 11.6 Å². The van der Waals surface area contributed by atoms with Crippen molar-refractivity contribution in [2.75, 3.05) is 0 Å². The maximum absolute atomic E-state index is 12.4. The Labute approximate surface area is 196 Å². The number of benzene rings is 2. The van der Waals surface area contributed by atoms with Crippen molar-refractivity contribution < 1.29 is 19.8 Å². The first-order valence-electron chi connectivity index (χ1n) is 11.6. The number of hydrogen-bond acceptors (Lipinski definition) is 4. The Morgan fingerprint density at radius 3 is 2.64 bits per heavy atom. The summed E-state index contributed by atoms with van der Waals surface area (Å²) < 4.78 is 0. The minimum absolute atomic E-state index is 0.0413. The molecule has 1 saturated carbocycles. The summed E-state index contributed by atoms with van der Waals surface area (Å²) in [6.45, 7) is 1.56. The number of aliphatic hydroxyl groups is 2. The van der Waals surface area contributed by atoms with Gasteiger partial charge in [0.25, 0.3) is 0 Å². The molecule has 0 heterocycles. The van der Waals surface area contributed by atoms with Crippen LogP contribution in [0, 0.1) is 23.7 Å². The summed E-state index contributed by atoms with van der Waals surface area (Å²) in [7, 11) is 0. The normalized spacial score (nSPS) is 21.1. The van der Waals surface area contributed by atoms with Gasteiger partial charge in [-0.25, -0.2) is 0 Å². The molecule has 2 aromatic rings. The summed E-state index contributed by atoms with van der Waals surface area (Å²) in [6, 6.07) is 18.1. The van der Waals surface area contributed by atoms with E-state index in [1.54, 1.807) is 6.92 Å². The van der Waals surface area contributed by atoms with Crippen molar-refractivity contribution in [3.05, 3.63) is 72.3 Å². The molecular weight excluding hydrogens is 412 g/mol. The van der Waals surface area contributed by atoms with E-state index in [0.717, 1.165) is 29.5 Å². The fraction of sp³-hybridized carbons (Fsp3) is 0.379. The predicted octanol–water partition coefficient (Wildman–Crippen LogP) is 4.53. The third-order valence-electron chi connectivity index (χ3n) is 6.01. The Morgan fingerprint density at radius 1 is 1.12 bits per heavy atom. The van der Waals surface area contributed by atoms with Crippen molar-refractivity contribution in [1.29, 1.82) is 0 Å². The summed E-state index contributed by atoms with van der Waals surface area (Å²) in [6.07, 6.45) is 5.34. The molecule has 1 aliphatic rings. The van der Waals surface area contributed by atoms with Crippen LogP contribution in [0.2, 0.25) is 0 Å². The Bertz CT molecular complexity index is 1030. The highest BCUT2D eigenvalue weighted by molar-refractivity contribution is 5.85. The molecule has 4 heteroatoms. The van der Waals surface area contributed by atoms with Gasteiger partial charge in [-0.05, 0) is 42.9 Å². The van der Waals surface area contributed by atoms with Gasteiger partial charge in [-0.15, -0.1) is 0 Å². The topological polar surface area (TPSA) is 74.6 Å². The number of carbonyl (C=O) groups is 2. The van der Waals surface area contributed by atoms with E-state index in [0.29, 0.717) is 19.3 Å². The van der Waals surface area contributed by atoms with Crippen LogP contribution in [-0.4, -0.2) is 34.0 Å². The van der Waals surface area contributed by atoms with Crippen molar-refractivity contribution in [1.82, 2.24) is 0 Å². The van der Waals surface area contributed by atoms with E-state index in [9.17, 15) is 19.8 Å². The lowest BCUT2D eigenvalue weighted by atomic mass is 9.89. The molecule has 0 bridgehead atoms. The largest absolute Gasteiger partial charge is 0.391 e. The highest BCUT2D eigenvalue weighted by Gasteiger charge is 2.40. The van der Waals surface area contributed by atoms with Gasteiger partial charge in [0.2, 0.25) is 0 Å². The fourth-order valence-electron chi connectivity index (χ4n) is 4.29. The zero-order valence-corrected chi connectivity index (χ0v) is 19.1. The first-order chi connectivity index (χ1) is 15.9. The van der Waals surface area contributed by atoms with Gasteiger partial charge in [0.1, 0.15) is 17.7 Å². The summed E-state index contributed by atoms with van der Waals surface area (Å²) in [4.78, 5) is 23.3. The van der Waals surface area contributed by atoms with Crippen LogP contribution in [0.15, 0.2) is 66.7 Å². The molecular formula is C29H32O4. The van der Waals surface area contributed by atoms with Crippen molar-refractivity contribution in [3.8, 4) is 23.0 Å². The van der Waals surface area contributed by atoms with Crippen LogP contribution in [-0.2, 0) is 16.0 Å². The number of rotatable bonds is 9. The monoisotopic (exact) mass is 444 g/mol. The SMILES string of the molecule is CC(=O)C/C=C/CCCC1C(=O)CC(O)C1C#CC(O)Cc1cccc(-c2ccccc2)c1. The van der Waals surface area contributed by atoms with Gasteiger partial charge in [-0.3, -0.25) is 9.59 Å². The standard InChI is InChI=1S/C29H32O4/c1-21(30)10-5-2-3-8-15-26-27(29(33)20-28(26)32)17-16-25(31)19-22-11-9-14-24(18-22)23-12-6-4-7-13-23/h2,4-7,9,11-14,18,25-27,29,31,33H,3,8,10,15,19-20H2,1H3/b5-2+. The highest BCUT2D eigenvalue weighted by Crippen LogP contribution is 2.32. The van der Waals surface area contributed by atoms with Gasteiger partial charge in [0.15, 0.2) is 0 Å². The minimum Gasteiger partial charge on any atom is -0.391 e. The van der Waals surface area contributed by atoms with Gasteiger partial charge < -0.3 is 10.2 Å². The van der Waals surface area contributed by atoms with Crippen LogP contribution in [0.3, 0.4) is 0 Å². The first kappa shape index (κ1) is 24.6. The van der Waals surface area contributed by atoms with Crippen LogP contribution in [0.1, 0.15) is 44.6 Å². The van der Waals surface area contributed by atoms with Gasteiger partial charge in [-0.2, -0.15) is 0 Å². The van der Waals surface area contributed by atoms with E-state index in [2.05, 4.69) is 17.9 Å². The van der Waals surface area contributed by atoms with E-state index in [1.165, 1.54) is 0 Å². The van der Waals surface area contributed by atoms with Crippen LogP contribution in [0.4, 0.5) is 0 Å². The van der Waals surface area contributed by atoms with E-state index < -0.39 is 18.1 Å². The quantitative estimate of drug-likeness (QED) is 0.338. The molecule has 2 N–H and O–H groups in total. The minimum atomic E-state index is -0.867. The third-order valence-corrected chi connectivity index (χ3v) is 6.01. The Morgan fingerprint density at radius 2 is 1.88 bits per heavy atom. The average molecular weight is 445 g/mol. The number of hydrogen-bond donors (Lipinski definition) is 2. The van der Waals surface area contributed by atoms with E-state index in [1.807, 2.05) is 60.7 Å². The Kier molecular flexibility index (Phi) is 9.18. The lowest BCUT2D eigenvalue weighted by molar-refractivity contribution is -0.121. The van der Waals surface area contributed by atoms with Crippen molar-refractivity contribution in [3.63, 3.8) is 0 Å². The number of allylic oxidation sites excluding steroid dienone is 2. The maximum Gasteiger partial charge on any atom is 0.139 e. The summed E-state index contributed by atoms with van der Waals surface area (Å²) in [5.41, 5.74) is 3.18. The molecule has 4 nitrogen and oxygen atoms in total. The summed E-state index contributed by atoms with van der Waals surface area (Å²) in [5, 5.41) is 20.8. The van der Waals surface area contributed by atoms with Crippen LogP contribution >= 0.6 is 0 Å². The molecule has 1 fully saturated rings. The Balaban J connectivity index is 1.58. The molecule has 172 valence electrons. The number of aliphatic hydroxyl groups excluding tert-OH is 2. The highest BCUT2D eigenvalue weighted by atomic mass is 16.3. The molecule has 3 rings (SSSR count). The first-order valence-corrected chi connectivity index (χ1v) is 11.6. The molecule has 4 atom stereocenters. The maximum atomic E-state index is 12.4. The van der Waals surface area contributed by atoms with E-state index in [-0.39, 0.29) is 23.9 Å². The van der Waals surface area contributed by atoms with E-state index >= 15 is 0 Å². The van der Waals surface area contributed by atoms with Crippen molar-refractivity contribution in [2.45, 2.75) is 57.7 Å². The second kappa shape index (κ2) is 12.3. The molecule has 2 aromatic carbocycles. The van der Waals surface area contributed by atoms with Crippen LogP contribution < -0.4 is 0 Å². The lowest BCUT2D eigenvalue weighted by Gasteiger charge is -2.15. The number of unbranched alkanes of at least 4 members (excludes halogenated alkanes) is 1. The molecule has 0 aromatic heterocycles. The summed E-state index contributed by atoms with van der Waals surface area (Å²) >= 11 is 0. The third kappa shape index (κ3) is 7.53. The van der Waals surface area contributed by atoms with Crippen LogP contribution in [0.25, 0.3) is 11.1 Å². The molecule has 0 aliphatic heterocycles. The second-order valence-electron chi connectivity index (χ2n) is 8.75. The van der Waals surface area contributed by atoms with Gasteiger partial charge in [-0.1, -0.05) is 78.6 Å². The number of Topliss-reactive ketones (excluding diaryl/α,β-unsaturated/α-hetero) is 2. The fourth-order valence-corrected chi connectivity index (χ4v) is 4.29. The second-order valence-corrected chi connectivity index (χ2v) is 8.75. The molecule has 0 radical (unpaired) electrons. The van der Waals surface area contributed by atoms with Gasteiger partial charge >= 0.3 is 0 Å². The van der Waals surface area contributed by atoms with E-state index in [4.69, 9.17) is 0 Å². The van der Waals surface area contributed by atoms with Crippen molar-refractivity contribution in [2.24, 2.45) is 11.8 Å². The molecule has 0 spiro atoms. The van der Waals surface area contributed by atoms with Gasteiger partial charge in [0.05, 0.1) is 12.0 Å². The molecule has 4 unspecified atom stereocenters. The zero-order chi connectivity index (χ0) is 23.6. The average Bonchev–Trinajstić information content (AvgIpc) is 3.07. The van der Waals surface area contributed by atoms with Crippen LogP contribution in [0.5, 0.6) is 0 Å². The zero-order valence-electron chi connectivity index (χ0n) is 19.1.